The van der Waals surface area contributed by atoms with E-state index in [9.17, 15) is 9.59 Å². The Morgan fingerprint density at radius 1 is 1.15 bits per heavy atom. The van der Waals surface area contributed by atoms with E-state index < -0.39 is 11.5 Å². The average molecular weight is 371 g/mol. The van der Waals surface area contributed by atoms with Gasteiger partial charge in [-0.15, -0.1) is 0 Å². The largest absolute Gasteiger partial charge is 0.465 e. The monoisotopic (exact) mass is 370 g/mol. The molecule has 1 aliphatic carbocycles. The van der Waals surface area contributed by atoms with Gasteiger partial charge in [0, 0.05) is 6.54 Å². The van der Waals surface area contributed by atoms with Gasteiger partial charge in [0.15, 0.2) is 0 Å². The van der Waals surface area contributed by atoms with E-state index >= 15 is 0 Å². The maximum Gasteiger partial charge on any atom is 0.407 e. The van der Waals surface area contributed by atoms with Gasteiger partial charge in [-0.25, -0.2) is 4.79 Å². The lowest BCUT2D eigenvalue weighted by Gasteiger charge is -2.47. The van der Waals surface area contributed by atoms with Crippen LogP contribution in [0.1, 0.15) is 79.6 Å². The highest BCUT2D eigenvalue weighted by Crippen LogP contribution is 2.48. The van der Waals surface area contributed by atoms with Crippen LogP contribution in [0.5, 0.6) is 0 Å². The molecule has 0 aromatic rings. The second-order valence-corrected chi connectivity index (χ2v) is 8.71. The molecule has 0 aromatic heterocycles. The lowest BCUT2D eigenvalue weighted by molar-refractivity contribution is -0.151. The van der Waals surface area contributed by atoms with E-state index in [0.29, 0.717) is 19.6 Å². The smallest absolute Gasteiger partial charge is 0.407 e. The Bertz CT molecular complexity index is 467. The van der Waals surface area contributed by atoms with Gasteiger partial charge < -0.3 is 20.5 Å². The molecule has 1 amide bonds. The first kappa shape index (κ1) is 22.7. The maximum atomic E-state index is 12.4. The van der Waals surface area contributed by atoms with Crippen LogP contribution in [-0.4, -0.2) is 37.4 Å². The normalized spacial score (nSPS) is 26.0. The van der Waals surface area contributed by atoms with Gasteiger partial charge in [0.25, 0.3) is 0 Å². The minimum atomic E-state index is -0.715. The Kier molecular flexibility index (Phi) is 8.87. The number of rotatable bonds is 9. The summed E-state index contributed by atoms with van der Waals surface area (Å²) in [5.74, 6) is -0.357. The van der Waals surface area contributed by atoms with Crippen LogP contribution in [0, 0.1) is 10.8 Å². The molecule has 152 valence electrons. The molecule has 3 atom stereocenters. The zero-order valence-electron chi connectivity index (χ0n) is 17.2. The molecule has 0 heterocycles. The summed E-state index contributed by atoms with van der Waals surface area (Å²) in [7, 11) is 0. The van der Waals surface area contributed by atoms with Crippen molar-refractivity contribution in [2.24, 2.45) is 16.6 Å². The molecule has 1 rings (SSSR count). The third kappa shape index (κ3) is 7.14. The maximum absolute atomic E-state index is 12.4. The molecule has 1 aliphatic rings. The van der Waals surface area contributed by atoms with Crippen LogP contribution < -0.4 is 11.1 Å². The molecule has 6 nitrogen and oxygen atoms in total. The lowest BCUT2D eigenvalue weighted by Crippen LogP contribution is -2.53. The van der Waals surface area contributed by atoms with E-state index in [1.54, 1.807) is 0 Å². The van der Waals surface area contributed by atoms with Gasteiger partial charge in [0.1, 0.15) is 12.1 Å². The highest BCUT2D eigenvalue weighted by atomic mass is 16.6. The van der Waals surface area contributed by atoms with Crippen LogP contribution in [0.3, 0.4) is 0 Å². The van der Waals surface area contributed by atoms with Crippen molar-refractivity contribution >= 4 is 12.1 Å². The number of carbonyl (C=O) groups is 2. The summed E-state index contributed by atoms with van der Waals surface area (Å²) in [4.78, 5) is 24.4. The van der Waals surface area contributed by atoms with Crippen LogP contribution in [0.2, 0.25) is 0 Å². The van der Waals surface area contributed by atoms with Gasteiger partial charge in [0.2, 0.25) is 0 Å². The first-order valence-electron chi connectivity index (χ1n) is 10.0. The Hall–Kier alpha value is -1.30. The minimum absolute atomic E-state index is 0.0668. The molecule has 0 radical (unpaired) electrons. The van der Waals surface area contributed by atoms with E-state index in [2.05, 4.69) is 26.1 Å². The summed E-state index contributed by atoms with van der Waals surface area (Å²) in [5, 5.41) is 2.79. The van der Waals surface area contributed by atoms with Crippen LogP contribution in [-0.2, 0) is 14.3 Å². The van der Waals surface area contributed by atoms with Crippen LogP contribution in [0.15, 0.2) is 0 Å². The van der Waals surface area contributed by atoms with Crippen molar-refractivity contribution in [2.75, 3.05) is 13.2 Å². The van der Waals surface area contributed by atoms with Crippen molar-refractivity contribution in [1.29, 1.82) is 0 Å². The fourth-order valence-corrected chi connectivity index (χ4v) is 4.02. The van der Waals surface area contributed by atoms with Gasteiger partial charge in [-0.05, 0) is 42.9 Å². The molecule has 26 heavy (non-hydrogen) atoms. The molecule has 0 aromatic carbocycles. The minimum Gasteiger partial charge on any atom is -0.465 e. The summed E-state index contributed by atoms with van der Waals surface area (Å²) in [6, 6.07) is -0.715. The van der Waals surface area contributed by atoms with Crippen molar-refractivity contribution < 1.29 is 19.1 Å². The van der Waals surface area contributed by atoms with Gasteiger partial charge in [-0.1, -0.05) is 47.5 Å². The molecule has 0 aliphatic heterocycles. The standard InChI is InChI=1S/C20H38N2O4/c1-6-8-10-22-18(24)26-15-12-19(3,4)14-20(5,13-15)16(21)17(23)25-11-9-7-2/h15-16H,6-14,21H2,1-5H3,(H,22,24). The number of carbonyl (C=O) groups excluding carboxylic acids is 2. The molecule has 6 heteroatoms. The van der Waals surface area contributed by atoms with E-state index in [-0.39, 0.29) is 23.6 Å². The number of hydrogen-bond acceptors (Lipinski definition) is 5. The van der Waals surface area contributed by atoms with Crippen molar-refractivity contribution in [3.05, 3.63) is 0 Å². The Morgan fingerprint density at radius 3 is 2.42 bits per heavy atom. The quantitative estimate of drug-likeness (QED) is 0.476. The Morgan fingerprint density at radius 2 is 1.81 bits per heavy atom. The predicted molar refractivity (Wildman–Crippen MR) is 103 cm³/mol. The number of alkyl carbamates (subject to hydrolysis) is 1. The third-order valence-corrected chi connectivity index (χ3v) is 5.18. The Labute approximate surface area is 158 Å². The highest BCUT2D eigenvalue weighted by Gasteiger charge is 2.48. The van der Waals surface area contributed by atoms with Crippen LogP contribution >= 0.6 is 0 Å². The van der Waals surface area contributed by atoms with E-state index in [0.717, 1.165) is 38.5 Å². The van der Waals surface area contributed by atoms with Crippen molar-refractivity contribution in [2.45, 2.75) is 91.7 Å². The second kappa shape index (κ2) is 10.1. The topological polar surface area (TPSA) is 90.6 Å². The molecule has 0 saturated heterocycles. The summed E-state index contributed by atoms with van der Waals surface area (Å²) in [6.07, 6.45) is 5.24. The number of nitrogens with two attached hydrogens (primary N) is 1. The molecular formula is C20H38N2O4. The summed E-state index contributed by atoms with van der Waals surface area (Å²) < 4.78 is 11.0. The summed E-state index contributed by atoms with van der Waals surface area (Å²) in [6.45, 7) is 11.4. The number of unbranched alkanes of at least 4 members (excludes halogenated alkanes) is 2. The summed E-state index contributed by atoms with van der Waals surface area (Å²) >= 11 is 0. The second-order valence-electron chi connectivity index (χ2n) is 8.71. The molecule has 0 spiro atoms. The van der Waals surface area contributed by atoms with Crippen molar-refractivity contribution in [3.63, 3.8) is 0 Å². The number of hydrogen-bond donors (Lipinski definition) is 2. The zero-order chi connectivity index (χ0) is 19.8. The molecular weight excluding hydrogens is 332 g/mol. The van der Waals surface area contributed by atoms with Crippen molar-refractivity contribution in [1.82, 2.24) is 5.32 Å². The predicted octanol–water partition coefficient (Wildman–Crippen LogP) is 3.77. The third-order valence-electron chi connectivity index (χ3n) is 5.18. The molecule has 1 saturated carbocycles. The van der Waals surface area contributed by atoms with E-state index in [4.69, 9.17) is 15.2 Å². The van der Waals surface area contributed by atoms with E-state index in [1.807, 2.05) is 13.8 Å². The number of esters is 1. The molecule has 1 fully saturated rings. The number of ether oxygens (including phenoxy) is 2. The van der Waals surface area contributed by atoms with Gasteiger partial charge in [0.05, 0.1) is 6.61 Å². The van der Waals surface area contributed by atoms with Gasteiger partial charge >= 0.3 is 12.1 Å². The van der Waals surface area contributed by atoms with Crippen molar-refractivity contribution in [3.8, 4) is 0 Å². The fraction of sp³-hybridized carbons (Fsp3) is 0.900. The van der Waals surface area contributed by atoms with E-state index in [1.165, 1.54) is 0 Å². The van der Waals surface area contributed by atoms with Crippen LogP contribution in [0.4, 0.5) is 4.79 Å². The number of nitrogens with one attached hydrogen (secondary N) is 1. The first-order valence-corrected chi connectivity index (χ1v) is 10.0. The average Bonchev–Trinajstić information content (AvgIpc) is 2.52. The number of amides is 1. The van der Waals surface area contributed by atoms with Gasteiger partial charge in [-0.3, -0.25) is 4.79 Å². The zero-order valence-corrected chi connectivity index (χ0v) is 17.2. The molecule has 3 N–H and O–H groups in total. The molecule has 3 unspecified atom stereocenters. The molecule has 0 bridgehead atoms. The first-order chi connectivity index (χ1) is 12.1. The highest BCUT2D eigenvalue weighted by molar-refractivity contribution is 5.76. The summed E-state index contributed by atoms with van der Waals surface area (Å²) in [5.41, 5.74) is 5.76. The fourth-order valence-electron chi connectivity index (χ4n) is 4.02. The van der Waals surface area contributed by atoms with Gasteiger partial charge in [-0.2, -0.15) is 0 Å². The SMILES string of the molecule is CCCCNC(=O)OC1CC(C)(C)CC(C)(C(N)C(=O)OCCCC)C1. The Balaban J connectivity index is 2.71. The lowest BCUT2D eigenvalue weighted by atomic mass is 9.60. The van der Waals surface area contributed by atoms with Crippen LogP contribution in [0.25, 0.3) is 0 Å².